The van der Waals surface area contributed by atoms with Crippen molar-refractivity contribution in [2.24, 2.45) is 5.92 Å². The van der Waals surface area contributed by atoms with E-state index in [1.807, 2.05) is 6.61 Å². The minimum absolute atomic E-state index is 0.134. The normalized spacial score (nSPS) is 35.8. The molecule has 78 valence electrons. The van der Waals surface area contributed by atoms with Gasteiger partial charge in [0, 0.05) is 12.3 Å². The van der Waals surface area contributed by atoms with Crippen molar-refractivity contribution in [3.05, 3.63) is 18.6 Å². The standard InChI is InChI=1S/C11H16O3/c1-13-6-4-9-3-2-5-11(9)7-10(12)8-14-11/h6,8-9H,2-5,7H2,1H3/t9-,11+/m1/s1. The summed E-state index contributed by atoms with van der Waals surface area (Å²) in [6, 6.07) is 0. The first-order valence-corrected chi connectivity index (χ1v) is 5.15. The van der Waals surface area contributed by atoms with Gasteiger partial charge in [-0.1, -0.05) is 5.76 Å². The lowest BCUT2D eigenvalue weighted by Gasteiger charge is -2.29. The highest BCUT2D eigenvalue weighted by Gasteiger charge is 2.47. The second-order valence-electron chi connectivity index (χ2n) is 4.17. The largest absolute Gasteiger partial charge is 0.873 e. The van der Waals surface area contributed by atoms with Crippen LogP contribution in [-0.4, -0.2) is 12.7 Å². The number of ether oxygens (including phenoxy) is 2. The minimum Gasteiger partial charge on any atom is -0.873 e. The Hall–Kier alpha value is -0.830. The molecule has 0 aromatic heterocycles. The highest BCUT2D eigenvalue weighted by molar-refractivity contribution is 5.08. The first-order valence-electron chi connectivity index (χ1n) is 5.15. The van der Waals surface area contributed by atoms with Crippen LogP contribution in [-0.2, 0) is 9.47 Å². The van der Waals surface area contributed by atoms with Crippen LogP contribution in [0.4, 0.5) is 0 Å². The van der Waals surface area contributed by atoms with Crippen molar-refractivity contribution in [1.29, 1.82) is 0 Å². The third kappa shape index (κ3) is 1.57. The summed E-state index contributed by atoms with van der Waals surface area (Å²) >= 11 is 0. The van der Waals surface area contributed by atoms with Gasteiger partial charge >= 0.3 is 0 Å². The second-order valence-corrected chi connectivity index (χ2v) is 4.17. The average Bonchev–Trinajstić information content (AvgIpc) is 2.72. The molecule has 0 radical (unpaired) electrons. The Morgan fingerprint density at radius 1 is 1.79 bits per heavy atom. The van der Waals surface area contributed by atoms with Gasteiger partial charge in [-0.15, -0.1) is 0 Å². The van der Waals surface area contributed by atoms with E-state index in [1.54, 1.807) is 7.11 Å². The van der Waals surface area contributed by atoms with Crippen LogP contribution in [0, 0.1) is 12.5 Å². The van der Waals surface area contributed by atoms with Gasteiger partial charge in [0.1, 0.15) is 12.0 Å². The summed E-state index contributed by atoms with van der Waals surface area (Å²) < 4.78 is 10.5. The maximum absolute atomic E-state index is 11.2. The maximum Gasteiger partial charge on any atom is 0.227 e. The van der Waals surface area contributed by atoms with Gasteiger partial charge < -0.3 is 9.84 Å². The van der Waals surface area contributed by atoms with Crippen molar-refractivity contribution in [3.63, 3.8) is 0 Å². The van der Waals surface area contributed by atoms with E-state index in [9.17, 15) is 5.11 Å². The van der Waals surface area contributed by atoms with E-state index in [0.717, 1.165) is 25.7 Å². The van der Waals surface area contributed by atoms with Crippen LogP contribution >= 0.6 is 0 Å². The summed E-state index contributed by atoms with van der Waals surface area (Å²) in [4.78, 5) is 0. The Morgan fingerprint density at radius 3 is 3.29 bits per heavy atom. The molecule has 0 amide bonds. The third-order valence-corrected chi connectivity index (χ3v) is 3.34. The summed E-state index contributed by atoms with van der Waals surface area (Å²) in [5.74, 6) is 0.583. The second kappa shape index (κ2) is 3.73. The van der Waals surface area contributed by atoms with E-state index in [2.05, 4.69) is 0 Å². The zero-order valence-electron chi connectivity index (χ0n) is 8.49. The molecule has 3 heteroatoms. The Labute approximate surface area is 84.7 Å². The molecule has 0 N–H and O–H groups in total. The van der Waals surface area contributed by atoms with Crippen molar-refractivity contribution in [2.75, 3.05) is 7.11 Å². The fourth-order valence-corrected chi connectivity index (χ4v) is 2.61. The predicted octanol–water partition coefficient (Wildman–Crippen LogP) is 1.35. The Balaban J connectivity index is 1.97. The van der Waals surface area contributed by atoms with Gasteiger partial charge in [-0.05, 0) is 19.3 Å². The van der Waals surface area contributed by atoms with E-state index < -0.39 is 0 Å². The predicted molar refractivity (Wildman–Crippen MR) is 49.8 cm³/mol. The molecule has 0 saturated heterocycles. The van der Waals surface area contributed by atoms with E-state index in [0.29, 0.717) is 12.3 Å². The van der Waals surface area contributed by atoms with Crippen molar-refractivity contribution in [3.8, 4) is 0 Å². The Bertz CT molecular complexity index is 237. The van der Waals surface area contributed by atoms with Crippen molar-refractivity contribution in [2.45, 2.75) is 37.7 Å². The molecule has 1 heterocycles. The molecule has 1 aliphatic heterocycles. The monoisotopic (exact) mass is 196 g/mol. The highest BCUT2D eigenvalue weighted by Crippen LogP contribution is 2.47. The lowest BCUT2D eigenvalue weighted by Crippen LogP contribution is -2.33. The van der Waals surface area contributed by atoms with Crippen LogP contribution in [0.15, 0.2) is 12.0 Å². The van der Waals surface area contributed by atoms with Gasteiger partial charge in [-0.3, -0.25) is 0 Å². The molecule has 1 aliphatic carbocycles. The van der Waals surface area contributed by atoms with Gasteiger partial charge in [-0.25, -0.2) is 0 Å². The van der Waals surface area contributed by atoms with Gasteiger partial charge in [0.15, 0.2) is 0 Å². The molecular weight excluding hydrogens is 180 g/mol. The maximum atomic E-state index is 11.2. The SMILES string of the molecule is CO[CH+]C[C@H]1CCC[C@]12CC([O-])=CO2. The zero-order valence-corrected chi connectivity index (χ0v) is 8.49. The third-order valence-electron chi connectivity index (χ3n) is 3.34. The topological polar surface area (TPSA) is 41.5 Å². The molecule has 0 bridgehead atoms. The zero-order chi connectivity index (χ0) is 10.0. The highest BCUT2D eigenvalue weighted by atomic mass is 16.5. The fraction of sp³-hybridized carbons (Fsp3) is 0.727. The summed E-state index contributed by atoms with van der Waals surface area (Å²) in [5, 5.41) is 11.2. The molecular formula is C11H16O3. The lowest BCUT2D eigenvalue weighted by molar-refractivity contribution is -0.306. The van der Waals surface area contributed by atoms with Gasteiger partial charge in [0.25, 0.3) is 0 Å². The van der Waals surface area contributed by atoms with Gasteiger partial charge in [-0.2, -0.15) is 4.74 Å². The lowest BCUT2D eigenvalue weighted by atomic mass is 9.86. The molecule has 14 heavy (non-hydrogen) atoms. The fourth-order valence-electron chi connectivity index (χ4n) is 2.61. The molecule has 1 saturated carbocycles. The molecule has 2 rings (SSSR count). The molecule has 1 spiro atoms. The molecule has 3 nitrogen and oxygen atoms in total. The minimum atomic E-state index is -0.188. The first-order chi connectivity index (χ1) is 6.77. The van der Waals surface area contributed by atoms with E-state index in [1.165, 1.54) is 6.26 Å². The number of hydrogen-bond acceptors (Lipinski definition) is 3. The van der Waals surface area contributed by atoms with Crippen molar-refractivity contribution in [1.82, 2.24) is 0 Å². The van der Waals surface area contributed by atoms with Crippen LogP contribution in [0.1, 0.15) is 32.1 Å². The summed E-state index contributed by atoms with van der Waals surface area (Å²) in [6.45, 7) is 1.81. The Kier molecular flexibility index (Phi) is 2.59. The van der Waals surface area contributed by atoms with Crippen LogP contribution in [0.5, 0.6) is 0 Å². The summed E-state index contributed by atoms with van der Waals surface area (Å²) in [6.07, 6.45) is 6.15. The van der Waals surface area contributed by atoms with Gasteiger partial charge in [0.2, 0.25) is 6.61 Å². The van der Waals surface area contributed by atoms with Crippen molar-refractivity contribution < 1.29 is 14.6 Å². The molecule has 2 atom stereocenters. The smallest absolute Gasteiger partial charge is 0.227 e. The molecule has 2 aliphatic rings. The average molecular weight is 196 g/mol. The molecule has 0 aromatic carbocycles. The van der Waals surface area contributed by atoms with Crippen LogP contribution in [0.25, 0.3) is 0 Å². The van der Waals surface area contributed by atoms with E-state index >= 15 is 0 Å². The molecule has 1 fully saturated rings. The van der Waals surface area contributed by atoms with E-state index in [4.69, 9.17) is 9.47 Å². The van der Waals surface area contributed by atoms with Crippen LogP contribution < -0.4 is 5.11 Å². The quantitative estimate of drug-likeness (QED) is 0.640. The summed E-state index contributed by atoms with van der Waals surface area (Å²) in [7, 11) is 1.66. The number of hydrogen-bond donors (Lipinski definition) is 0. The molecule has 0 unspecified atom stereocenters. The van der Waals surface area contributed by atoms with Crippen LogP contribution in [0.2, 0.25) is 0 Å². The van der Waals surface area contributed by atoms with Crippen LogP contribution in [0.3, 0.4) is 0 Å². The van der Waals surface area contributed by atoms with E-state index in [-0.39, 0.29) is 11.4 Å². The Morgan fingerprint density at radius 2 is 2.64 bits per heavy atom. The van der Waals surface area contributed by atoms with Crippen molar-refractivity contribution >= 4 is 0 Å². The summed E-state index contributed by atoms with van der Waals surface area (Å²) in [5.41, 5.74) is -0.188. The number of methoxy groups -OCH3 is 1. The number of rotatable bonds is 3. The molecule has 0 aromatic rings. The van der Waals surface area contributed by atoms with Gasteiger partial charge in [0.05, 0.1) is 13.4 Å². The first kappa shape index (κ1) is 9.71.